The van der Waals surface area contributed by atoms with Crippen molar-refractivity contribution in [2.75, 3.05) is 37.7 Å². The molecule has 9 heteroatoms. The highest BCUT2D eigenvalue weighted by Crippen LogP contribution is 2.66. The third-order valence-corrected chi connectivity index (χ3v) is 11.0. The normalized spacial score (nSPS) is 26.6. The van der Waals surface area contributed by atoms with E-state index in [4.69, 9.17) is 4.74 Å². The molecule has 3 saturated heterocycles. The summed E-state index contributed by atoms with van der Waals surface area (Å²) in [7, 11) is 0. The molecule has 0 saturated carbocycles. The first-order chi connectivity index (χ1) is 20.3. The summed E-state index contributed by atoms with van der Waals surface area (Å²) in [4.78, 5) is 48.6. The second-order valence-corrected chi connectivity index (χ2v) is 13.2. The van der Waals surface area contributed by atoms with E-state index in [2.05, 4.69) is 27.0 Å². The van der Waals surface area contributed by atoms with Crippen LogP contribution in [0.3, 0.4) is 0 Å². The average Bonchev–Trinajstić information content (AvgIpc) is 3.62. The molecule has 0 radical (unpaired) electrons. The number of rotatable bonds is 16. The molecule has 8 nitrogen and oxygen atoms in total. The molecule has 4 rings (SSSR count). The molecule has 0 aromatic heterocycles. The quantitative estimate of drug-likeness (QED) is 0.220. The summed E-state index contributed by atoms with van der Waals surface area (Å²) in [6, 6.07) is 6.81. The number of benzene rings is 1. The maximum Gasteiger partial charge on any atom is 0.247 e. The van der Waals surface area contributed by atoms with Gasteiger partial charge in [-0.2, -0.15) is 0 Å². The lowest BCUT2D eigenvalue weighted by Crippen LogP contribution is -2.56. The van der Waals surface area contributed by atoms with Crippen molar-refractivity contribution >= 4 is 35.2 Å². The van der Waals surface area contributed by atoms with Crippen LogP contribution in [0.5, 0.6) is 5.75 Å². The van der Waals surface area contributed by atoms with Gasteiger partial charge in [-0.3, -0.25) is 14.4 Å². The molecule has 1 spiro atoms. The molecule has 0 aliphatic carbocycles. The van der Waals surface area contributed by atoms with Gasteiger partial charge < -0.3 is 24.5 Å². The van der Waals surface area contributed by atoms with Gasteiger partial charge in [-0.15, -0.1) is 24.9 Å². The molecule has 230 valence electrons. The zero-order valence-electron chi connectivity index (χ0n) is 25.4. The number of carbonyl (C=O) groups excluding carboxylic acids is 3. The van der Waals surface area contributed by atoms with E-state index >= 15 is 0 Å². The third kappa shape index (κ3) is 5.87. The van der Waals surface area contributed by atoms with Gasteiger partial charge in [0.05, 0.1) is 23.2 Å². The van der Waals surface area contributed by atoms with Crippen LogP contribution in [0.2, 0.25) is 0 Å². The Morgan fingerprint density at radius 1 is 1.17 bits per heavy atom. The summed E-state index contributed by atoms with van der Waals surface area (Å²) in [5, 5.41) is 9.43. The number of ether oxygens (including phenoxy) is 1. The van der Waals surface area contributed by atoms with Crippen molar-refractivity contribution in [1.82, 2.24) is 9.80 Å². The Morgan fingerprint density at radius 3 is 2.50 bits per heavy atom. The van der Waals surface area contributed by atoms with E-state index < -0.39 is 22.6 Å². The number of anilines is 1. The monoisotopic (exact) mass is 597 g/mol. The molecule has 1 aromatic rings. The Hall–Kier alpha value is -2.78. The summed E-state index contributed by atoms with van der Waals surface area (Å²) in [5.74, 6) is -0.616. The minimum absolute atomic E-state index is 0.00844. The van der Waals surface area contributed by atoms with Crippen LogP contribution in [0.15, 0.2) is 49.6 Å². The van der Waals surface area contributed by atoms with E-state index in [1.165, 1.54) is 0 Å². The highest BCUT2D eigenvalue weighted by Gasteiger charge is 2.74. The van der Waals surface area contributed by atoms with Crippen LogP contribution in [0.4, 0.5) is 5.69 Å². The molecule has 3 fully saturated rings. The predicted octanol–water partition coefficient (Wildman–Crippen LogP) is 4.67. The van der Waals surface area contributed by atoms with Gasteiger partial charge in [0.2, 0.25) is 17.7 Å². The van der Waals surface area contributed by atoms with Gasteiger partial charge in [0.1, 0.15) is 11.8 Å². The minimum atomic E-state index is -0.650. The number of unbranched alkanes of at least 4 members (excludes halogenated alkanes) is 1. The third-order valence-electron chi connectivity index (χ3n) is 9.01. The number of hydrogen-bond acceptors (Lipinski definition) is 6. The van der Waals surface area contributed by atoms with Crippen LogP contribution in [0.25, 0.3) is 0 Å². The number of aliphatic hydroxyl groups is 1. The van der Waals surface area contributed by atoms with Crippen molar-refractivity contribution in [3.05, 3.63) is 49.6 Å². The molecule has 3 aliphatic heterocycles. The molecule has 1 N–H and O–H groups in total. The second-order valence-electron chi connectivity index (χ2n) is 11.6. The number of amides is 3. The summed E-state index contributed by atoms with van der Waals surface area (Å²) >= 11 is 1.69. The van der Waals surface area contributed by atoms with E-state index in [0.717, 1.165) is 37.1 Å². The molecule has 1 aromatic carbocycles. The van der Waals surface area contributed by atoms with E-state index in [1.807, 2.05) is 36.1 Å². The van der Waals surface area contributed by atoms with Crippen LogP contribution >= 0.6 is 11.8 Å². The fourth-order valence-electron chi connectivity index (χ4n) is 7.23. The molecule has 3 heterocycles. The van der Waals surface area contributed by atoms with Crippen LogP contribution in [0, 0.1) is 11.8 Å². The second kappa shape index (κ2) is 14.1. The van der Waals surface area contributed by atoms with Crippen molar-refractivity contribution in [3.8, 4) is 5.75 Å². The zero-order chi connectivity index (χ0) is 30.4. The lowest BCUT2D eigenvalue weighted by Gasteiger charge is -2.39. The van der Waals surface area contributed by atoms with Crippen molar-refractivity contribution in [3.63, 3.8) is 0 Å². The Bertz CT molecular complexity index is 1140. The van der Waals surface area contributed by atoms with Crippen LogP contribution in [-0.2, 0) is 14.4 Å². The smallest absolute Gasteiger partial charge is 0.247 e. The van der Waals surface area contributed by atoms with Crippen molar-refractivity contribution in [1.29, 1.82) is 0 Å². The highest BCUT2D eigenvalue weighted by molar-refractivity contribution is 8.02. The maximum atomic E-state index is 14.5. The van der Waals surface area contributed by atoms with Gasteiger partial charge in [0.15, 0.2) is 0 Å². The summed E-state index contributed by atoms with van der Waals surface area (Å²) in [5.41, 5.74) is 0.730. The molecule has 3 amide bonds. The van der Waals surface area contributed by atoms with E-state index in [0.29, 0.717) is 39.1 Å². The van der Waals surface area contributed by atoms with Crippen LogP contribution in [0.1, 0.15) is 59.3 Å². The molecular weight excluding hydrogens is 550 g/mol. The van der Waals surface area contributed by atoms with E-state index in [-0.39, 0.29) is 35.6 Å². The van der Waals surface area contributed by atoms with Crippen molar-refractivity contribution < 1.29 is 24.2 Å². The highest BCUT2D eigenvalue weighted by atomic mass is 32.2. The summed E-state index contributed by atoms with van der Waals surface area (Å²) < 4.78 is 4.94. The lowest BCUT2D eigenvalue weighted by atomic mass is 9.70. The first-order valence-corrected chi connectivity index (χ1v) is 16.3. The SMILES string of the molecule is C=CCN(C(=O)[C@@H]1[C@@H]2CCC3(S2)C(C(=O)N(CC=C)C(C)CCC)N(CCCCO)C(=O)[C@H]13)c1ccc(OCC)cc1. The number of aliphatic hydroxyl groups excluding tert-OH is 1. The van der Waals surface area contributed by atoms with Crippen molar-refractivity contribution in [2.45, 2.75) is 81.4 Å². The van der Waals surface area contributed by atoms with Crippen LogP contribution in [-0.4, -0.2) is 87.6 Å². The number of nitrogens with zero attached hydrogens (tertiary/aromatic N) is 3. The molecule has 2 bridgehead atoms. The molecule has 3 unspecified atom stereocenters. The van der Waals surface area contributed by atoms with E-state index in [9.17, 15) is 19.5 Å². The first kappa shape index (κ1) is 32.1. The fraction of sp³-hybridized carbons (Fsp3) is 0.606. The summed E-state index contributed by atoms with van der Waals surface area (Å²) in [6.07, 6.45) is 7.92. The number of carbonyl (C=O) groups is 3. The van der Waals surface area contributed by atoms with Crippen molar-refractivity contribution in [2.24, 2.45) is 11.8 Å². The summed E-state index contributed by atoms with van der Waals surface area (Å²) in [6.45, 7) is 15.6. The Labute approximate surface area is 255 Å². The Kier molecular flexibility index (Phi) is 10.8. The first-order valence-electron chi connectivity index (χ1n) is 15.4. The maximum absolute atomic E-state index is 14.5. The molecule has 3 aliphatic rings. The van der Waals surface area contributed by atoms with Gasteiger partial charge in [-0.05, 0) is 70.2 Å². The standard InChI is InChI=1S/C33H47N3O5S/c1-6-12-23(5)34(19-7-2)32(40)29-33-18-17-26(42-33)27(28(33)31(39)36(29)21-10-11-22-37)30(38)35(20-8-3)24-13-15-25(16-14-24)41-9-4/h7-8,13-16,23,26-29,37H,2-3,6,9-12,17-22H2,1,4-5H3/t23?,26-,27+,28-,29?,33?/m0/s1. The topological polar surface area (TPSA) is 90.4 Å². The fourth-order valence-corrected chi connectivity index (χ4v) is 9.43. The van der Waals surface area contributed by atoms with Gasteiger partial charge >= 0.3 is 0 Å². The van der Waals surface area contributed by atoms with Gasteiger partial charge in [0, 0.05) is 43.2 Å². The number of likely N-dealkylation sites (tertiary alicyclic amines) is 1. The van der Waals surface area contributed by atoms with Gasteiger partial charge in [-0.1, -0.05) is 25.5 Å². The molecule has 42 heavy (non-hydrogen) atoms. The van der Waals surface area contributed by atoms with Crippen LogP contribution < -0.4 is 9.64 Å². The van der Waals surface area contributed by atoms with Gasteiger partial charge in [-0.25, -0.2) is 0 Å². The lowest BCUT2D eigenvalue weighted by molar-refractivity contribution is -0.143. The average molecular weight is 598 g/mol. The molecular formula is C33H47N3O5S. The number of hydrogen-bond donors (Lipinski definition) is 1. The number of thioether (sulfide) groups is 1. The zero-order valence-corrected chi connectivity index (χ0v) is 26.2. The molecule has 6 atom stereocenters. The van der Waals surface area contributed by atoms with Gasteiger partial charge in [0.25, 0.3) is 0 Å². The minimum Gasteiger partial charge on any atom is -0.494 e. The van der Waals surface area contributed by atoms with E-state index in [1.54, 1.807) is 33.7 Å². The number of fused-ring (bicyclic) bond motifs is 1. The predicted molar refractivity (Wildman–Crippen MR) is 169 cm³/mol. The Morgan fingerprint density at radius 2 is 1.88 bits per heavy atom. The largest absolute Gasteiger partial charge is 0.494 e. The Balaban J connectivity index is 1.71.